The third-order valence-corrected chi connectivity index (χ3v) is 5.15. The lowest BCUT2D eigenvalue weighted by Crippen LogP contribution is -2.43. The van der Waals surface area contributed by atoms with Crippen molar-refractivity contribution in [2.45, 2.75) is 39.4 Å². The van der Waals surface area contributed by atoms with Gasteiger partial charge in [-0.05, 0) is 18.3 Å². The molecule has 0 aliphatic rings. The molecule has 0 aliphatic carbocycles. The van der Waals surface area contributed by atoms with E-state index in [-0.39, 0.29) is 4.99 Å². The van der Waals surface area contributed by atoms with Crippen molar-refractivity contribution in [3.63, 3.8) is 0 Å². The largest absolute Gasteiger partial charge is 0.392 e. The summed E-state index contributed by atoms with van der Waals surface area (Å²) in [4.78, 5) is 0.0344. The van der Waals surface area contributed by atoms with Gasteiger partial charge >= 0.3 is 0 Å². The molecule has 16 heavy (non-hydrogen) atoms. The summed E-state index contributed by atoms with van der Waals surface area (Å²) in [5.74, 6) is 0.728. The highest BCUT2D eigenvalue weighted by Gasteiger charge is 2.26. The molecule has 0 radical (unpaired) electrons. The Kier molecular flexibility index (Phi) is 6.43. The summed E-state index contributed by atoms with van der Waals surface area (Å²) >= 11 is 4.75. The Balaban J connectivity index is 4.52. The fourth-order valence-corrected chi connectivity index (χ4v) is 3.15. The highest BCUT2D eigenvalue weighted by Crippen LogP contribution is 2.10. The maximum absolute atomic E-state index is 11.9. The third kappa shape index (κ3) is 4.76. The number of nitrogens with two attached hydrogens (primary N) is 1. The van der Waals surface area contributed by atoms with Crippen molar-refractivity contribution < 1.29 is 8.42 Å². The molecule has 0 aromatic carbocycles. The zero-order valence-corrected chi connectivity index (χ0v) is 12.0. The first-order valence-corrected chi connectivity index (χ1v) is 7.45. The van der Waals surface area contributed by atoms with Gasteiger partial charge in [0.15, 0.2) is 0 Å². The SMILES string of the molecule is CCC(C(N)=S)S(=O)(=O)NCC(C)C(C)C. The molecule has 4 nitrogen and oxygen atoms in total. The fourth-order valence-electron chi connectivity index (χ4n) is 1.16. The van der Waals surface area contributed by atoms with Crippen LogP contribution in [0.2, 0.25) is 0 Å². The smallest absolute Gasteiger partial charge is 0.221 e. The van der Waals surface area contributed by atoms with Crippen LogP contribution in [-0.4, -0.2) is 25.2 Å². The van der Waals surface area contributed by atoms with Gasteiger partial charge in [-0.2, -0.15) is 0 Å². The fraction of sp³-hybridized carbons (Fsp3) is 0.900. The Morgan fingerprint density at radius 1 is 1.38 bits per heavy atom. The molecule has 0 saturated carbocycles. The Labute approximate surface area is 104 Å². The number of thiocarbonyl (C=S) groups is 1. The number of nitrogens with one attached hydrogen (secondary N) is 1. The van der Waals surface area contributed by atoms with Gasteiger partial charge in [0.05, 0.1) is 4.99 Å². The Hall–Kier alpha value is -0.200. The normalized spacial score (nSPS) is 16.1. The van der Waals surface area contributed by atoms with E-state index in [0.717, 1.165) is 0 Å². The van der Waals surface area contributed by atoms with Crippen molar-refractivity contribution in [2.75, 3.05) is 6.54 Å². The van der Waals surface area contributed by atoms with Crippen LogP contribution in [0.25, 0.3) is 0 Å². The summed E-state index contributed by atoms with van der Waals surface area (Å²) in [5, 5.41) is -0.762. The van der Waals surface area contributed by atoms with Crippen molar-refractivity contribution in [2.24, 2.45) is 17.6 Å². The molecular weight excluding hydrogens is 244 g/mol. The molecule has 0 saturated heterocycles. The van der Waals surface area contributed by atoms with Crippen molar-refractivity contribution in [1.29, 1.82) is 0 Å². The van der Waals surface area contributed by atoms with Crippen molar-refractivity contribution >= 4 is 27.2 Å². The minimum absolute atomic E-state index is 0.0344. The zero-order valence-electron chi connectivity index (χ0n) is 10.4. The first kappa shape index (κ1) is 15.8. The van der Waals surface area contributed by atoms with E-state index in [0.29, 0.717) is 24.8 Å². The highest BCUT2D eigenvalue weighted by atomic mass is 32.2. The van der Waals surface area contributed by atoms with E-state index in [2.05, 4.69) is 18.6 Å². The van der Waals surface area contributed by atoms with Crippen LogP contribution < -0.4 is 10.5 Å². The van der Waals surface area contributed by atoms with Crippen LogP contribution in [0.5, 0.6) is 0 Å². The molecule has 0 amide bonds. The van der Waals surface area contributed by atoms with E-state index >= 15 is 0 Å². The minimum atomic E-state index is -3.42. The minimum Gasteiger partial charge on any atom is -0.392 e. The van der Waals surface area contributed by atoms with Crippen LogP contribution in [-0.2, 0) is 10.0 Å². The van der Waals surface area contributed by atoms with Gasteiger partial charge in [0.1, 0.15) is 5.25 Å². The van der Waals surface area contributed by atoms with Gasteiger partial charge in [-0.15, -0.1) is 0 Å². The Bertz CT molecular complexity index is 326. The van der Waals surface area contributed by atoms with E-state index in [1.807, 2.05) is 6.92 Å². The van der Waals surface area contributed by atoms with Crippen LogP contribution >= 0.6 is 12.2 Å². The van der Waals surface area contributed by atoms with Crippen LogP contribution in [0, 0.1) is 11.8 Å². The summed E-state index contributed by atoms with van der Waals surface area (Å²) < 4.78 is 26.3. The third-order valence-electron chi connectivity index (χ3n) is 2.81. The van der Waals surface area contributed by atoms with E-state index in [1.165, 1.54) is 0 Å². The maximum Gasteiger partial charge on any atom is 0.221 e. The second kappa shape index (κ2) is 6.51. The second-order valence-corrected chi connectivity index (χ2v) is 6.83. The molecule has 2 atom stereocenters. The molecule has 0 aliphatic heterocycles. The summed E-state index contributed by atoms with van der Waals surface area (Å²) in [6, 6.07) is 0. The van der Waals surface area contributed by atoms with Crippen LogP contribution in [0.1, 0.15) is 34.1 Å². The monoisotopic (exact) mass is 266 g/mol. The van der Waals surface area contributed by atoms with Crippen LogP contribution in [0.15, 0.2) is 0 Å². The van der Waals surface area contributed by atoms with Crippen molar-refractivity contribution in [3.8, 4) is 0 Å². The Morgan fingerprint density at radius 2 is 1.88 bits per heavy atom. The molecule has 0 rings (SSSR count). The maximum atomic E-state index is 11.9. The molecule has 0 heterocycles. The first-order valence-electron chi connectivity index (χ1n) is 5.50. The lowest BCUT2D eigenvalue weighted by molar-refractivity contribution is 0.414. The molecule has 0 aromatic heterocycles. The average Bonchev–Trinajstić information content (AvgIpc) is 2.13. The number of hydrogen-bond donors (Lipinski definition) is 2. The number of sulfonamides is 1. The lowest BCUT2D eigenvalue weighted by Gasteiger charge is -2.19. The van der Waals surface area contributed by atoms with E-state index in [4.69, 9.17) is 18.0 Å². The van der Waals surface area contributed by atoms with Gasteiger partial charge in [-0.25, -0.2) is 13.1 Å². The molecular formula is C10H22N2O2S2. The van der Waals surface area contributed by atoms with Gasteiger partial charge in [0.25, 0.3) is 0 Å². The quantitative estimate of drug-likeness (QED) is 0.681. The number of rotatable bonds is 7. The Morgan fingerprint density at radius 3 is 2.19 bits per heavy atom. The topological polar surface area (TPSA) is 72.2 Å². The van der Waals surface area contributed by atoms with E-state index < -0.39 is 15.3 Å². The standard InChI is InChI=1S/C10H22N2O2S2/c1-5-9(10(11)15)16(13,14)12-6-8(4)7(2)3/h7-9,12H,5-6H2,1-4H3,(H2,11,15). The lowest BCUT2D eigenvalue weighted by atomic mass is 9.99. The first-order chi connectivity index (χ1) is 7.22. The van der Waals surface area contributed by atoms with E-state index in [1.54, 1.807) is 6.92 Å². The summed E-state index contributed by atoms with van der Waals surface area (Å²) in [5.41, 5.74) is 5.41. The summed E-state index contributed by atoms with van der Waals surface area (Å²) in [6.07, 6.45) is 0.403. The van der Waals surface area contributed by atoms with Gasteiger partial charge in [0.2, 0.25) is 10.0 Å². The van der Waals surface area contributed by atoms with Crippen molar-refractivity contribution in [1.82, 2.24) is 4.72 Å². The molecule has 2 unspecified atom stereocenters. The van der Waals surface area contributed by atoms with E-state index in [9.17, 15) is 8.42 Å². The summed E-state index contributed by atoms with van der Waals surface area (Å²) in [7, 11) is -3.42. The van der Waals surface area contributed by atoms with Gasteiger partial charge in [-0.1, -0.05) is 39.9 Å². The molecule has 6 heteroatoms. The predicted octanol–water partition coefficient (Wildman–Crippen LogP) is 1.26. The van der Waals surface area contributed by atoms with Gasteiger partial charge in [-0.3, -0.25) is 0 Å². The van der Waals surface area contributed by atoms with Gasteiger partial charge in [0, 0.05) is 6.54 Å². The highest BCUT2D eigenvalue weighted by molar-refractivity contribution is 7.93. The molecule has 3 N–H and O–H groups in total. The zero-order chi connectivity index (χ0) is 12.9. The average molecular weight is 266 g/mol. The van der Waals surface area contributed by atoms with Gasteiger partial charge < -0.3 is 5.73 Å². The van der Waals surface area contributed by atoms with Crippen LogP contribution in [0.3, 0.4) is 0 Å². The molecule has 0 bridgehead atoms. The molecule has 96 valence electrons. The second-order valence-electron chi connectivity index (χ2n) is 4.41. The summed E-state index contributed by atoms with van der Waals surface area (Å²) in [6.45, 7) is 8.32. The molecule has 0 aromatic rings. The van der Waals surface area contributed by atoms with Crippen molar-refractivity contribution in [3.05, 3.63) is 0 Å². The number of hydrogen-bond acceptors (Lipinski definition) is 3. The molecule has 0 fully saturated rings. The molecule has 0 spiro atoms. The van der Waals surface area contributed by atoms with Crippen LogP contribution in [0.4, 0.5) is 0 Å². The predicted molar refractivity (Wildman–Crippen MR) is 71.8 cm³/mol.